The molecule has 0 spiro atoms. The lowest BCUT2D eigenvalue weighted by Gasteiger charge is -2.10. The lowest BCUT2D eigenvalue weighted by Crippen LogP contribution is -2.12. The number of methoxy groups -OCH3 is 1. The first-order chi connectivity index (χ1) is 12.1. The summed E-state index contributed by atoms with van der Waals surface area (Å²) >= 11 is 0. The fourth-order valence-electron chi connectivity index (χ4n) is 2.14. The highest BCUT2D eigenvalue weighted by Gasteiger charge is 2.10. The number of carbonyl (C=O) groups excluding carboxylic acids is 1. The van der Waals surface area contributed by atoms with Gasteiger partial charge in [0.05, 0.1) is 19.5 Å². The summed E-state index contributed by atoms with van der Waals surface area (Å²) < 4.78 is 24.4. The van der Waals surface area contributed by atoms with Gasteiger partial charge in [-0.3, -0.25) is 4.79 Å². The summed E-state index contributed by atoms with van der Waals surface area (Å²) in [4.78, 5) is 20.0. The van der Waals surface area contributed by atoms with E-state index in [0.717, 1.165) is 0 Å². The molecule has 0 aliphatic heterocycles. The highest BCUT2D eigenvalue weighted by atomic mass is 19.1. The van der Waals surface area contributed by atoms with Gasteiger partial charge in [0.15, 0.2) is 5.75 Å². The summed E-state index contributed by atoms with van der Waals surface area (Å²) in [6.45, 7) is 0. The third kappa shape index (κ3) is 4.29. The van der Waals surface area contributed by atoms with Crippen LogP contribution in [0.15, 0.2) is 61.2 Å². The number of aromatic nitrogens is 2. The Morgan fingerprint density at radius 2 is 1.84 bits per heavy atom. The van der Waals surface area contributed by atoms with Crippen LogP contribution in [-0.2, 0) is 0 Å². The summed E-state index contributed by atoms with van der Waals surface area (Å²) in [7, 11) is 1.51. The van der Waals surface area contributed by atoms with Crippen molar-refractivity contribution in [3.05, 3.63) is 72.6 Å². The van der Waals surface area contributed by atoms with Crippen molar-refractivity contribution in [2.75, 3.05) is 12.4 Å². The van der Waals surface area contributed by atoms with Gasteiger partial charge in [-0.15, -0.1) is 0 Å². The van der Waals surface area contributed by atoms with Crippen LogP contribution in [0.2, 0.25) is 0 Å². The van der Waals surface area contributed by atoms with Crippen LogP contribution >= 0.6 is 0 Å². The molecule has 1 heterocycles. The fourth-order valence-corrected chi connectivity index (χ4v) is 2.14. The number of anilines is 1. The Morgan fingerprint density at radius 3 is 2.60 bits per heavy atom. The first-order valence-corrected chi connectivity index (χ1v) is 7.33. The van der Waals surface area contributed by atoms with E-state index in [2.05, 4.69) is 15.3 Å². The van der Waals surface area contributed by atoms with Gasteiger partial charge in [-0.25, -0.2) is 14.4 Å². The van der Waals surface area contributed by atoms with Gasteiger partial charge in [0.25, 0.3) is 5.91 Å². The van der Waals surface area contributed by atoms with Crippen LogP contribution in [0.4, 0.5) is 10.1 Å². The van der Waals surface area contributed by atoms with Gasteiger partial charge in [0.1, 0.15) is 23.6 Å². The Morgan fingerprint density at radius 1 is 1.04 bits per heavy atom. The van der Waals surface area contributed by atoms with Gasteiger partial charge < -0.3 is 14.8 Å². The molecule has 0 aliphatic rings. The molecule has 0 saturated carbocycles. The number of hydrogen-bond acceptors (Lipinski definition) is 5. The second-order valence-electron chi connectivity index (χ2n) is 5.04. The van der Waals surface area contributed by atoms with E-state index in [9.17, 15) is 9.18 Å². The van der Waals surface area contributed by atoms with Crippen LogP contribution < -0.4 is 14.8 Å². The maximum absolute atomic E-state index is 13.8. The summed E-state index contributed by atoms with van der Waals surface area (Å²) in [6.07, 6.45) is 4.26. The number of hydrogen-bond donors (Lipinski definition) is 1. The number of halogens is 1. The smallest absolute Gasteiger partial charge is 0.255 e. The van der Waals surface area contributed by atoms with Gasteiger partial charge in [-0.05, 0) is 24.3 Å². The predicted molar refractivity (Wildman–Crippen MR) is 89.5 cm³/mol. The molecule has 2 aromatic carbocycles. The van der Waals surface area contributed by atoms with Gasteiger partial charge in [-0.1, -0.05) is 6.07 Å². The maximum Gasteiger partial charge on any atom is 0.255 e. The number of nitrogens with one attached hydrogen (secondary N) is 1. The van der Waals surface area contributed by atoms with Crippen molar-refractivity contribution in [3.63, 3.8) is 0 Å². The summed E-state index contributed by atoms with van der Waals surface area (Å²) in [6, 6.07) is 10.6. The average Bonchev–Trinajstić information content (AvgIpc) is 2.62. The highest BCUT2D eigenvalue weighted by Crippen LogP contribution is 2.25. The van der Waals surface area contributed by atoms with Crippen LogP contribution in [0.3, 0.4) is 0 Å². The van der Waals surface area contributed by atoms with Crippen molar-refractivity contribution in [3.8, 4) is 17.2 Å². The Kier molecular flexibility index (Phi) is 4.84. The van der Waals surface area contributed by atoms with Crippen molar-refractivity contribution >= 4 is 11.6 Å². The van der Waals surface area contributed by atoms with E-state index >= 15 is 0 Å². The molecule has 0 bridgehead atoms. The van der Waals surface area contributed by atoms with E-state index < -0.39 is 11.7 Å². The number of carbonyl (C=O) groups is 1. The standard InChI is InChI=1S/C18H14FN3O3/c1-24-15-4-2-3-12(5-15)18(23)22-14-6-13(19)7-16(8-14)25-17-9-20-11-21-10-17/h2-11H,1H3,(H,22,23). The average molecular weight is 339 g/mol. The molecule has 0 aliphatic carbocycles. The molecule has 3 aromatic rings. The minimum absolute atomic E-state index is 0.218. The number of amides is 1. The van der Waals surface area contributed by atoms with Gasteiger partial charge in [0, 0.05) is 23.4 Å². The second-order valence-corrected chi connectivity index (χ2v) is 5.04. The molecule has 3 rings (SSSR count). The van der Waals surface area contributed by atoms with Crippen LogP contribution in [0.5, 0.6) is 17.2 Å². The van der Waals surface area contributed by atoms with E-state index in [4.69, 9.17) is 9.47 Å². The lowest BCUT2D eigenvalue weighted by molar-refractivity contribution is 0.102. The molecule has 1 amide bonds. The molecule has 0 fully saturated rings. The molecule has 1 aromatic heterocycles. The number of rotatable bonds is 5. The minimum Gasteiger partial charge on any atom is -0.497 e. The fraction of sp³-hybridized carbons (Fsp3) is 0.0556. The molecule has 0 unspecified atom stereocenters. The number of benzene rings is 2. The second kappa shape index (κ2) is 7.39. The van der Waals surface area contributed by atoms with E-state index in [1.807, 2.05) is 0 Å². The normalized spacial score (nSPS) is 10.2. The first kappa shape index (κ1) is 16.4. The van der Waals surface area contributed by atoms with Crippen LogP contribution in [0, 0.1) is 5.82 Å². The molecule has 7 heteroatoms. The predicted octanol–water partition coefficient (Wildman–Crippen LogP) is 3.67. The Bertz CT molecular complexity index is 888. The third-order valence-corrected chi connectivity index (χ3v) is 3.23. The van der Waals surface area contributed by atoms with Crippen molar-refractivity contribution in [1.82, 2.24) is 9.97 Å². The van der Waals surface area contributed by atoms with Crippen molar-refractivity contribution in [2.45, 2.75) is 0 Å². The highest BCUT2D eigenvalue weighted by molar-refractivity contribution is 6.04. The molecular formula is C18H14FN3O3. The summed E-state index contributed by atoms with van der Waals surface area (Å²) in [5.74, 6) is 0.197. The van der Waals surface area contributed by atoms with Crippen LogP contribution in [-0.4, -0.2) is 23.0 Å². The zero-order valence-electron chi connectivity index (χ0n) is 13.3. The summed E-state index contributed by atoms with van der Waals surface area (Å²) in [5, 5.41) is 2.63. The Balaban J connectivity index is 1.79. The van der Waals surface area contributed by atoms with E-state index in [0.29, 0.717) is 17.1 Å². The largest absolute Gasteiger partial charge is 0.497 e. The van der Waals surface area contributed by atoms with Crippen LogP contribution in [0.1, 0.15) is 10.4 Å². The van der Waals surface area contributed by atoms with E-state index in [-0.39, 0.29) is 11.4 Å². The van der Waals surface area contributed by atoms with Crippen molar-refractivity contribution in [2.24, 2.45) is 0 Å². The SMILES string of the molecule is COc1cccc(C(=O)Nc2cc(F)cc(Oc3cncnc3)c2)c1. The molecule has 25 heavy (non-hydrogen) atoms. The van der Waals surface area contributed by atoms with Gasteiger partial charge in [-0.2, -0.15) is 0 Å². The molecule has 0 radical (unpaired) electrons. The lowest BCUT2D eigenvalue weighted by atomic mass is 10.2. The molecule has 1 N–H and O–H groups in total. The van der Waals surface area contributed by atoms with Crippen molar-refractivity contribution < 1.29 is 18.7 Å². The Labute approximate surface area is 143 Å². The number of nitrogens with zero attached hydrogens (tertiary/aromatic N) is 2. The topological polar surface area (TPSA) is 73.3 Å². The van der Waals surface area contributed by atoms with Crippen molar-refractivity contribution in [1.29, 1.82) is 0 Å². The third-order valence-electron chi connectivity index (χ3n) is 3.23. The zero-order chi connectivity index (χ0) is 17.6. The minimum atomic E-state index is -0.546. The van der Waals surface area contributed by atoms with Gasteiger partial charge in [0.2, 0.25) is 0 Å². The summed E-state index contributed by atoms with van der Waals surface area (Å²) in [5.41, 5.74) is 0.655. The Hall–Kier alpha value is -3.48. The molecule has 0 saturated heterocycles. The van der Waals surface area contributed by atoms with E-state index in [1.165, 1.54) is 44.0 Å². The molecule has 0 atom stereocenters. The zero-order valence-corrected chi connectivity index (χ0v) is 13.3. The van der Waals surface area contributed by atoms with E-state index in [1.54, 1.807) is 24.3 Å². The van der Waals surface area contributed by atoms with Gasteiger partial charge >= 0.3 is 0 Å². The monoisotopic (exact) mass is 339 g/mol. The maximum atomic E-state index is 13.8. The first-order valence-electron chi connectivity index (χ1n) is 7.33. The molecular weight excluding hydrogens is 325 g/mol. The molecule has 6 nitrogen and oxygen atoms in total. The number of ether oxygens (including phenoxy) is 2. The molecule has 126 valence electrons. The van der Waals surface area contributed by atoms with Crippen LogP contribution in [0.25, 0.3) is 0 Å². The quantitative estimate of drug-likeness (QED) is 0.768.